The van der Waals surface area contributed by atoms with E-state index in [1.807, 2.05) is 67.6 Å². The van der Waals surface area contributed by atoms with Crippen molar-refractivity contribution in [2.75, 3.05) is 39.8 Å². The zero-order valence-electron chi connectivity index (χ0n) is 23.3. The van der Waals surface area contributed by atoms with Crippen LogP contribution in [0, 0.1) is 11.3 Å². The number of nitrogens with one attached hydrogen (secondary N) is 4. The number of pyridine rings is 1. The molecule has 1 unspecified atom stereocenters. The Bertz CT molecular complexity index is 1260. The first kappa shape index (κ1) is 29.1. The van der Waals surface area contributed by atoms with E-state index in [4.69, 9.17) is 26.4 Å². The lowest BCUT2D eigenvalue weighted by Gasteiger charge is -2.24. The van der Waals surface area contributed by atoms with Gasteiger partial charge in [-0.2, -0.15) is 0 Å². The molecule has 1 aromatic heterocycles. The van der Waals surface area contributed by atoms with Crippen molar-refractivity contribution in [3.63, 3.8) is 0 Å². The molecule has 1 aromatic carbocycles. The van der Waals surface area contributed by atoms with Crippen LogP contribution in [0.4, 0.5) is 5.69 Å². The molecule has 0 radical (unpaired) electrons. The molecule has 1 atom stereocenters. The summed E-state index contributed by atoms with van der Waals surface area (Å²) in [5.41, 5.74) is 16.2. The van der Waals surface area contributed by atoms with Gasteiger partial charge in [-0.1, -0.05) is 19.9 Å². The number of allylic oxidation sites excluding steroid dienone is 2. The third-order valence-corrected chi connectivity index (χ3v) is 5.78. The van der Waals surface area contributed by atoms with Crippen LogP contribution in [0.3, 0.4) is 0 Å². The Kier molecular flexibility index (Phi) is 10.4. The van der Waals surface area contributed by atoms with Crippen molar-refractivity contribution in [3.8, 4) is 11.5 Å². The fourth-order valence-corrected chi connectivity index (χ4v) is 3.75. The number of benzene rings is 1. The molecule has 39 heavy (non-hydrogen) atoms. The highest BCUT2D eigenvalue weighted by molar-refractivity contribution is 6.23. The van der Waals surface area contributed by atoms with Crippen molar-refractivity contribution >= 4 is 23.0 Å². The summed E-state index contributed by atoms with van der Waals surface area (Å²) in [5.74, 6) is 2.09. The van der Waals surface area contributed by atoms with Crippen molar-refractivity contribution in [1.29, 1.82) is 5.41 Å². The summed E-state index contributed by atoms with van der Waals surface area (Å²) in [5, 5.41) is 18.4. The molecule has 208 valence electrons. The maximum absolute atomic E-state index is 8.73. The van der Waals surface area contributed by atoms with Gasteiger partial charge in [-0.3, -0.25) is 9.88 Å². The van der Waals surface area contributed by atoms with Gasteiger partial charge >= 0.3 is 0 Å². The standard InChI is InChI=1S/C29H40N8O2/c1-19(2)20(14-30)12-28(32)36-29-10-9-26-27(35-29)11-21(15-34-26)24(16-33-3)25(31)17-38-22-7-6-8-23(13-22)39-18-37(4)5/h6-16,19,29,31,33,35-36H,17-18,30,32H2,1-5H3/b20-14+,24-16-,28-12+,31-25?. The minimum atomic E-state index is -0.238. The topological polar surface area (TPSA) is 147 Å². The van der Waals surface area contributed by atoms with Crippen LogP contribution in [0.2, 0.25) is 0 Å². The van der Waals surface area contributed by atoms with Crippen LogP contribution in [0.1, 0.15) is 25.1 Å². The van der Waals surface area contributed by atoms with Gasteiger partial charge < -0.3 is 42.3 Å². The smallest absolute Gasteiger partial charge is 0.141 e. The molecule has 2 heterocycles. The second kappa shape index (κ2) is 13.9. The van der Waals surface area contributed by atoms with E-state index in [1.54, 1.807) is 25.6 Å². The molecule has 0 bridgehead atoms. The normalized spacial score (nSPS) is 15.6. The molecule has 0 amide bonds. The lowest BCUT2D eigenvalue weighted by molar-refractivity contribution is 0.179. The average Bonchev–Trinajstić information content (AvgIpc) is 2.91. The van der Waals surface area contributed by atoms with Gasteiger partial charge in [-0.15, -0.1) is 0 Å². The third-order valence-electron chi connectivity index (χ3n) is 5.78. The average molecular weight is 533 g/mol. The molecule has 0 spiro atoms. The van der Waals surface area contributed by atoms with Crippen LogP contribution in [-0.2, 0) is 0 Å². The number of nitrogens with two attached hydrogens (primary N) is 2. The number of fused-ring (bicyclic) bond motifs is 1. The summed E-state index contributed by atoms with van der Waals surface area (Å²) >= 11 is 0. The predicted octanol–water partition coefficient (Wildman–Crippen LogP) is 3.29. The van der Waals surface area contributed by atoms with Crippen molar-refractivity contribution in [2.24, 2.45) is 17.4 Å². The van der Waals surface area contributed by atoms with Gasteiger partial charge in [-0.05, 0) is 68.2 Å². The Morgan fingerprint density at radius 1 is 1.23 bits per heavy atom. The maximum Gasteiger partial charge on any atom is 0.141 e. The maximum atomic E-state index is 8.73. The zero-order valence-corrected chi connectivity index (χ0v) is 23.3. The van der Waals surface area contributed by atoms with E-state index in [0.717, 1.165) is 22.5 Å². The van der Waals surface area contributed by atoms with E-state index in [2.05, 4.69) is 34.8 Å². The van der Waals surface area contributed by atoms with E-state index >= 15 is 0 Å². The number of nitrogens with zero attached hydrogens (tertiary/aromatic N) is 2. The molecule has 0 saturated carbocycles. The van der Waals surface area contributed by atoms with Crippen molar-refractivity contribution in [1.82, 2.24) is 20.5 Å². The first-order valence-electron chi connectivity index (χ1n) is 12.8. The molecule has 10 nitrogen and oxygen atoms in total. The second-order valence-corrected chi connectivity index (χ2v) is 9.65. The molecule has 8 N–H and O–H groups in total. The van der Waals surface area contributed by atoms with Gasteiger partial charge in [0.25, 0.3) is 0 Å². The molecule has 0 saturated heterocycles. The quantitative estimate of drug-likeness (QED) is 0.130. The Balaban J connectivity index is 1.70. The number of hydrogen-bond acceptors (Lipinski definition) is 10. The van der Waals surface area contributed by atoms with Crippen LogP contribution in [0.5, 0.6) is 11.5 Å². The summed E-state index contributed by atoms with van der Waals surface area (Å²) in [4.78, 5) is 6.52. The number of ether oxygens (including phenoxy) is 2. The Labute approximate surface area is 231 Å². The van der Waals surface area contributed by atoms with Crippen LogP contribution in [0.25, 0.3) is 11.6 Å². The molecular weight excluding hydrogens is 492 g/mol. The first-order valence-corrected chi connectivity index (χ1v) is 12.8. The van der Waals surface area contributed by atoms with E-state index in [1.165, 1.54) is 0 Å². The summed E-state index contributed by atoms with van der Waals surface area (Å²) in [6, 6.07) is 9.36. The number of aromatic nitrogens is 1. The Morgan fingerprint density at radius 2 is 1.97 bits per heavy atom. The van der Waals surface area contributed by atoms with Crippen molar-refractivity contribution in [2.45, 2.75) is 20.0 Å². The highest BCUT2D eigenvalue weighted by Crippen LogP contribution is 2.26. The van der Waals surface area contributed by atoms with E-state index in [9.17, 15) is 0 Å². The molecule has 10 heteroatoms. The number of hydrogen-bond donors (Lipinski definition) is 6. The predicted molar refractivity (Wildman–Crippen MR) is 159 cm³/mol. The first-order chi connectivity index (χ1) is 18.7. The second-order valence-electron chi connectivity index (χ2n) is 9.65. The van der Waals surface area contributed by atoms with Crippen LogP contribution in [-0.4, -0.2) is 56.2 Å². The monoisotopic (exact) mass is 532 g/mol. The van der Waals surface area contributed by atoms with E-state index < -0.39 is 0 Å². The fraction of sp³-hybridized carbons (Fsp3) is 0.310. The largest absolute Gasteiger partial charge is 0.487 e. The highest BCUT2D eigenvalue weighted by Gasteiger charge is 2.17. The van der Waals surface area contributed by atoms with Gasteiger partial charge in [0, 0.05) is 36.6 Å². The number of anilines is 1. The van der Waals surface area contributed by atoms with Crippen molar-refractivity contribution < 1.29 is 9.47 Å². The highest BCUT2D eigenvalue weighted by atomic mass is 16.5. The van der Waals surface area contributed by atoms with Gasteiger partial charge in [0.1, 0.15) is 31.0 Å². The Morgan fingerprint density at radius 3 is 2.64 bits per heavy atom. The third kappa shape index (κ3) is 8.54. The summed E-state index contributed by atoms with van der Waals surface area (Å²) in [7, 11) is 5.67. The summed E-state index contributed by atoms with van der Waals surface area (Å²) in [6.45, 7) is 4.66. The lowest BCUT2D eigenvalue weighted by Crippen LogP contribution is -2.38. The molecule has 2 aromatic rings. The van der Waals surface area contributed by atoms with Crippen molar-refractivity contribution in [3.05, 3.63) is 83.7 Å². The van der Waals surface area contributed by atoms with Gasteiger partial charge in [0.2, 0.25) is 0 Å². The molecule has 0 aliphatic carbocycles. The molecule has 1 aliphatic heterocycles. The molecule has 0 fully saturated rings. The fourth-order valence-electron chi connectivity index (χ4n) is 3.75. The van der Waals surface area contributed by atoms with E-state index in [-0.39, 0.29) is 18.7 Å². The van der Waals surface area contributed by atoms with Crippen LogP contribution < -0.4 is 36.9 Å². The minimum absolute atomic E-state index is 0.0768. The van der Waals surface area contributed by atoms with Gasteiger partial charge in [0.15, 0.2) is 0 Å². The van der Waals surface area contributed by atoms with Crippen LogP contribution >= 0.6 is 0 Å². The molecule has 1 aliphatic rings. The summed E-state index contributed by atoms with van der Waals surface area (Å²) < 4.78 is 11.6. The SMILES string of the molecule is CN/C=C(\C(=N)COc1cccc(OCN(C)C)c1)c1cnc2c(c1)NC(N/C(N)=C/C(=C\N)C(C)C)C=C2. The van der Waals surface area contributed by atoms with E-state index in [0.29, 0.717) is 35.3 Å². The Hall–Kier alpha value is -4.44. The van der Waals surface area contributed by atoms with Gasteiger partial charge in [0.05, 0.1) is 22.9 Å². The zero-order chi connectivity index (χ0) is 28.4. The molecular formula is C29H40N8O2. The minimum Gasteiger partial charge on any atom is -0.487 e. The van der Waals surface area contributed by atoms with Crippen LogP contribution in [0.15, 0.2) is 72.5 Å². The van der Waals surface area contributed by atoms with Gasteiger partial charge in [-0.25, -0.2) is 0 Å². The summed E-state index contributed by atoms with van der Waals surface area (Å²) in [6.07, 6.45) is 10.6. The lowest BCUT2D eigenvalue weighted by atomic mass is 10.0. The number of rotatable bonds is 13. The molecule has 3 rings (SSSR count).